The van der Waals surface area contributed by atoms with Gasteiger partial charge in [-0.05, 0) is 12.1 Å². The zero-order valence-corrected chi connectivity index (χ0v) is 9.36. The monoisotopic (exact) mass is 245 g/mol. The van der Waals surface area contributed by atoms with Crippen LogP contribution in [0.2, 0.25) is 0 Å². The van der Waals surface area contributed by atoms with Crippen LogP contribution in [0.4, 0.5) is 0 Å². The lowest BCUT2D eigenvalue weighted by Crippen LogP contribution is -1.95. The van der Waals surface area contributed by atoms with Crippen LogP contribution in [0.15, 0.2) is 29.9 Å². The fourth-order valence-electron chi connectivity index (χ4n) is 1.64. The van der Waals surface area contributed by atoms with E-state index in [0.29, 0.717) is 5.01 Å². The molecule has 0 aromatic carbocycles. The van der Waals surface area contributed by atoms with Gasteiger partial charge >= 0.3 is 5.97 Å². The third-order valence-electron chi connectivity index (χ3n) is 2.41. The number of thiazole rings is 1. The first-order valence-electron chi connectivity index (χ1n) is 4.87. The Morgan fingerprint density at radius 2 is 2.29 bits per heavy atom. The molecule has 6 heteroatoms. The Labute approximate surface area is 99.8 Å². The Hall–Kier alpha value is -2.21. The number of carboxylic acids is 1. The van der Waals surface area contributed by atoms with Crippen molar-refractivity contribution in [1.29, 1.82) is 0 Å². The molecule has 0 aliphatic carbocycles. The summed E-state index contributed by atoms with van der Waals surface area (Å²) in [6, 6.07) is 3.74. The number of carboxylic acid groups (broad SMARTS) is 1. The number of nitrogens with one attached hydrogen (secondary N) is 1. The maximum Gasteiger partial charge on any atom is 0.355 e. The number of nitrogens with zero attached hydrogens (tertiary/aromatic N) is 2. The molecule has 0 spiro atoms. The topological polar surface area (TPSA) is 78.9 Å². The van der Waals surface area contributed by atoms with E-state index in [1.54, 1.807) is 12.4 Å². The Kier molecular flexibility index (Phi) is 2.15. The molecule has 3 aromatic rings. The van der Waals surface area contributed by atoms with Crippen molar-refractivity contribution in [2.24, 2.45) is 0 Å². The molecule has 0 aliphatic heterocycles. The van der Waals surface area contributed by atoms with Gasteiger partial charge in [-0.3, -0.25) is 0 Å². The minimum absolute atomic E-state index is 0.0745. The quantitative estimate of drug-likeness (QED) is 0.726. The standard InChI is InChI=1S/C11H7N3O2S/c15-11(16)8-5-17-10(14-8)7-2-4-13-9-6(7)1-3-12-9/h1-5H,(H,12,13)(H,15,16). The number of aromatic amines is 1. The van der Waals surface area contributed by atoms with Crippen molar-refractivity contribution in [1.82, 2.24) is 15.0 Å². The number of hydrogen-bond donors (Lipinski definition) is 2. The largest absolute Gasteiger partial charge is 0.476 e. The van der Waals surface area contributed by atoms with Gasteiger partial charge in [-0.15, -0.1) is 11.3 Å². The van der Waals surface area contributed by atoms with Gasteiger partial charge in [0.25, 0.3) is 0 Å². The van der Waals surface area contributed by atoms with Crippen molar-refractivity contribution in [2.75, 3.05) is 0 Å². The first-order valence-corrected chi connectivity index (χ1v) is 5.75. The zero-order valence-electron chi connectivity index (χ0n) is 8.54. The molecule has 0 saturated heterocycles. The number of rotatable bonds is 2. The van der Waals surface area contributed by atoms with E-state index in [4.69, 9.17) is 5.11 Å². The van der Waals surface area contributed by atoms with Crippen LogP contribution in [-0.4, -0.2) is 26.0 Å². The van der Waals surface area contributed by atoms with Crippen LogP contribution in [0, 0.1) is 0 Å². The smallest absolute Gasteiger partial charge is 0.355 e. The zero-order chi connectivity index (χ0) is 11.8. The van der Waals surface area contributed by atoms with E-state index in [2.05, 4.69) is 15.0 Å². The van der Waals surface area contributed by atoms with Gasteiger partial charge in [-0.25, -0.2) is 14.8 Å². The van der Waals surface area contributed by atoms with E-state index >= 15 is 0 Å². The van der Waals surface area contributed by atoms with Crippen molar-refractivity contribution < 1.29 is 9.90 Å². The van der Waals surface area contributed by atoms with Crippen molar-refractivity contribution in [2.45, 2.75) is 0 Å². The Morgan fingerprint density at radius 1 is 1.41 bits per heavy atom. The number of H-pyrrole nitrogens is 1. The number of carbonyl (C=O) groups is 1. The fourth-order valence-corrected chi connectivity index (χ4v) is 2.48. The van der Waals surface area contributed by atoms with Crippen LogP contribution in [0.3, 0.4) is 0 Å². The van der Waals surface area contributed by atoms with Gasteiger partial charge in [-0.2, -0.15) is 0 Å². The molecule has 3 heterocycles. The van der Waals surface area contributed by atoms with Gasteiger partial charge in [0.2, 0.25) is 0 Å². The van der Waals surface area contributed by atoms with Crippen molar-refractivity contribution >= 4 is 28.3 Å². The molecule has 3 rings (SSSR count). The second-order valence-corrected chi connectivity index (χ2v) is 4.30. The number of pyridine rings is 1. The molecule has 0 saturated carbocycles. The SMILES string of the molecule is O=C(O)c1csc(-c2ccnc3[nH]ccc23)n1. The molecular formula is C11H7N3O2S. The highest BCUT2D eigenvalue weighted by molar-refractivity contribution is 7.13. The van der Waals surface area contributed by atoms with Crippen molar-refractivity contribution in [3.63, 3.8) is 0 Å². The van der Waals surface area contributed by atoms with Gasteiger partial charge in [0.15, 0.2) is 5.69 Å². The lowest BCUT2D eigenvalue weighted by Gasteiger charge is -1.97. The van der Waals surface area contributed by atoms with Gasteiger partial charge < -0.3 is 10.1 Å². The Balaban J connectivity index is 2.19. The maximum absolute atomic E-state index is 10.8. The highest BCUT2D eigenvalue weighted by atomic mass is 32.1. The lowest BCUT2D eigenvalue weighted by molar-refractivity contribution is 0.0691. The summed E-state index contributed by atoms with van der Waals surface area (Å²) in [5.41, 5.74) is 1.74. The second kappa shape index (κ2) is 3.67. The van der Waals surface area contributed by atoms with Crippen molar-refractivity contribution in [3.8, 4) is 10.6 Å². The third-order valence-corrected chi connectivity index (χ3v) is 3.29. The molecule has 2 N–H and O–H groups in total. The van der Waals surface area contributed by atoms with Gasteiger partial charge in [0.1, 0.15) is 10.7 Å². The van der Waals surface area contributed by atoms with Crippen LogP contribution < -0.4 is 0 Å². The first kappa shape index (κ1) is 9.98. The van der Waals surface area contributed by atoms with Crippen LogP contribution in [0.1, 0.15) is 10.5 Å². The van der Waals surface area contributed by atoms with Crippen LogP contribution >= 0.6 is 11.3 Å². The molecule has 5 nitrogen and oxygen atoms in total. The van der Waals surface area contributed by atoms with E-state index < -0.39 is 5.97 Å². The minimum atomic E-state index is -1.01. The van der Waals surface area contributed by atoms with Gasteiger partial charge in [0.05, 0.1) is 0 Å². The molecule has 0 fully saturated rings. The lowest BCUT2D eigenvalue weighted by atomic mass is 10.2. The molecule has 0 bridgehead atoms. The van der Waals surface area contributed by atoms with E-state index in [-0.39, 0.29) is 5.69 Å². The molecule has 0 amide bonds. The highest BCUT2D eigenvalue weighted by Gasteiger charge is 2.12. The first-order chi connectivity index (χ1) is 8.25. The van der Waals surface area contributed by atoms with Crippen LogP contribution in [0.5, 0.6) is 0 Å². The van der Waals surface area contributed by atoms with E-state index in [0.717, 1.165) is 16.6 Å². The number of aromatic nitrogens is 3. The Morgan fingerprint density at radius 3 is 3.06 bits per heavy atom. The summed E-state index contributed by atoms with van der Waals surface area (Å²) in [6.07, 6.45) is 3.48. The molecular weight excluding hydrogens is 238 g/mol. The van der Waals surface area contributed by atoms with E-state index in [1.807, 2.05) is 12.1 Å². The molecule has 0 aliphatic rings. The Bertz CT molecular complexity index is 701. The average molecular weight is 245 g/mol. The average Bonchev–Trinajstić information content (AvgIpc) is 2.97. The molecule has 0 atom stereocenters. The second-order valence-electron chi connectivity index (χ2n) is 3.44. The summed E-state index contributed by atoms with van der Waals surface area (Å²) in [5, 5.41) is 12.0. The molecule has 17 heavy (non-hydrogen) atoms. The van der Waals surface area contributed by atoms with Crippen LogP contribution in [0.25, 0.3) is 21.6 Å². The third kappa shape index (κ3) is 1.58. The number of fused-ring (bicyclic) bond motifs is 1. The molecule has 0 unspecified atom stereocenters. The molecule has 3 aromatic heterocycles. The van der Waals surface area contributed by atoms with Crippen LogP contribution in [-0.2, 0) is 0 Å². The van der Waals surface area contributed by atoms with E-state index in [9.17, 15) is 4.79 Å². The summed E-state index contributed by atoms with van der Waals surface area (Å²) in [7, 11) is 0. The summed E-state index contributed by atoms with van der Waals surface area (Å²) < 4.78 is 0. The summed E-state index contributed by atoms with van der Waals surface area (Å²) in [4.78, 5) is 22.1. The summed E-state index contributed by atoms with van der Waals surface area (Å²) in [6.45, 7) is 0. The summed E-state index contributed by atoms with van der Waals surface area (Å²) in [5.74, 6) is -1.01. The molecule has 84 valence electrons. The minimum Gasteiger partial charge on any atom is -0.476 e. The highest BCUT2D eigenvalue weighted by Crippen LogP contribution is 2.29. The van der Waals surface area contributed by atoms with Crippen molar-refractivity contribution in [3.05, 3.63) is 35.6 Å². The van der Waals surface area contributed by atoms with Gasteiger partial charge in [0, 0.05) is 28.7 Å². The number of aromatic carboxylic acids is 1. The number of hydrogen-bond acceptors (Lipinski definition) is 4. The summed E-state index contributed by atoms with van der Waals surface area (Å²) >= 11 is 1.32. The predicted octanol–water partition coefficient (Wildman–Crippen LogP) is 2.38. The normalized spacial score (nSPS) is 10.8. The molecule has 0 radical (unpaired) electrons. The fraction of sp³-hybridized carbons (Fsp3) is 0. The maximum atomic E-state index is 10.8. The van der Waals surface area contributed by atoms with Gasteiger partial charge in [-0.1, -0.05) is 0 Å². The van der Waals surface area contributed by atoms with E-state index in [1.165, 1.54) is 16.7 Å². The predicted molar refractivity (Wildman–Crippen MR) is 64.2 cm³/mol.